The van der Waals surface area contributed by atoms with E-state index in [9.17, 15) is 0 Å². The Kier molecular flexibility index (Phi) is 5.44. The Morgan fingerprint density at radius 2 is 2.29 bits per heavy atom. The van der Waals surface area contributed by atoms with Crippen LogP contribution in [0.15, 0.2) is 18.2 Å². The minimum absolute atomic E-state index is 0.0578. The maximum Gasteiger partial charge on any atom is 0.126 e. The Balaban J connectivity index is 2.64. The van der Waals surface area contributed by atoms with E-state index in [1.807, 2.05) is 32.2 Å². The van der Waals surface area contributed by atoms with Crippen LogP contribution >= 0.6 is 0 Å². The highest BCUT2D eigenvalue weighted by Crippen LogP contribution is 2.08. The van der Waals surface area contributed by atoms with Crippen LogP contribution in [-0.2, 0) is 6.54 Å². The summed E-state index contributed by atoms with van der Waals surface area (Å²) in [6.45, 7) is 6.56. The summed E-state index contributed by atoms with van der Waals surface area (Å²) < 4.78 is 0. The van der Waals surface area contributed by atoms with Crippen molar-refractivity contribution >= 4 is 5.82 Å². The smallest absolute Gasteiger partial charge is 0.126 e. The maximum atomic E-state index is 8.83. The summed E-state index contributed by atoms with van der Waals surface area (Å²) in [6, 6.07) is 8.22. The van der Waals surface area contributed by atoms with Gasteiger partial charge in [0.05, 0.1) is 17.7 Å². The first-order valence-corrected chi connectivity index (χ1v) is 5.95. The molecule has 1 atom stereocenters. The maximum absolute atomic E-state index is 8.83. The van der Waals surface area contributed by atoms with Crippen molar-refractivity contribution in [3.8, 4) is 6.07 Å². The van der Waals surface area contributed by atoms with Gasteiger partial charge in [0.25, 0.3) is 0 Å². The molecule has 1 aromatic heterocycles. The third-order valence-electron chi connectivity index (χ3n) is 2.65. The lowest BCUT2D eigenvalue weighted by Crippen LogP contribution is -2.28. The monoisotopic (exact) mass is 232 g/mol. The zero-order valence-electron chi connectivity index (χ0n) is 10.8. The van der Waals surface area contributed by atoms with E-state index >= 15 is 0 Å². The predicted molar refractivity (Wildman–Crippen MR) is 69.5 cm³/mol. The van der Waals surface area contributed by atoms with Gasteiger partial charge in [0.1, 0.15) is 5.82 Å². The molecule has 0 radical (unpaired) electrons. The van der Waals surface area contributed by atoms with E-state index in [2.05, 4.69) is 28.2 Å². The first kappa shape index (κ1) is 13.5. The van der Waals surface area contributed by atoms with Crippen LogP contribution in [0.2, 0.25) is 0 Å². The molecule has 17 heavy (non-hydrogen) atoms. The van der Waals surface area contributed by atoms with Crippen LogP contribution in [0.4, 0.5) is 5.82 Å². The summed E-state index contributed by atoms with van der Waals surface area (Å²) >= 11 is 0. The van der Waals surface area contributed by atoms with Gasteiger partial charge in [-0.3, -0.25) is 4.90 Å². The van der Waals surface area contributed by atoms with Crippen LogP contribution in [0, 0.1) is 17.2 Å². The minimum Gasteiger partial charge on any atom is -0.373 e. The molecule has 0 saturated carbocycles. The largest absolute Gasteiger partial charge is 0.373 e. The molecule has 92 valence electrons. The number of pyridine rings is 1. The van der Waals surface area contributed by atoms with Crippen LogP contribution in [0.3, 0.4) is 0 Å². The lowest BCUT2D eigenvalue weighted by molar-refractivity contribution is 0.257. The number of rotatable bonds is 6. The molecule has 0 aliphatic heterocycles. The van der Waals surface area contributed by atoms with Crippen molar-refractivity contribution in [2.75, 3.05) is 25.5 Å². The summed E-state index contributed by atoms with van der Waals surface area (Å²) in [5.41, 5.74) is 1.03. The van der Waals surface area contributed by atoms with Gasteiger partial charge in [-0.15, -0.1) is 0 Å². The van der Waals surface area contributed by atoms with Crippen LogP contribution < -0.4 is 5.32 Å². The van der Waals surface area contributed by atoms with Crippen LogP contribution in [0.5, 0.6) is 0 Å². The highest BCUT2D eigenvalue weighted by atomic mass is 15.1. The molecule has 0 fully saturated rings. The molecule has 0 aliphatic rings. The molecule has 1 N–H and O–H groups in total. The van der Waals surface area contributed by atoms with Gasteiger partial charge in [-0.1, -0.05) is 13.0 Å². The molecular formula is C13H20N4. The zero-order chi connectivity index (χ0) is 12.7. The molecule has 4 heteroatoms. The Morgan fingerprint density at radius 3 is 2.88 bits per heavy atom. The fourth-order valence-corrected chi connectivity index (χ4v) is 1.67. The van der Waals surface area contributed by atoms with Crippen LogP contribution in [-0.4, -0.2) is 30.0 Å². The molecule has 1 heterocycles. The molecule has 1 unspecified atom stereocenters. The standard InChI is InChI=1S/C13H20N4/c1-4-17(9-11(2)8-14)10-12-6-5-7-13(15-3)16-12/h5-7,11H,4,9-10H2,1-3H3,(H,15,16). The summed E-state index contributed by atoms with van der Waals surface area (Å²) in [5.74, 6) is 0.939. The normalized spacial score (nSPS) is 12.2. The summed E-state index contributed by atoms with van der Waals surface area (Å²) in [6.07, 6.45) is 0. The van der Waals surface area contributed by atoms with Gasteiger partial charge in [0.2, 0.25) is 0 Å². The van der Waals surface area contributed by atoms with E-state index in [1.165, 1.54) is 0 Å². The fourth-order valence-electron chi connectivity index (χ4n) is 1.67. The third-order valence-corrected chi connectivity index (χ3v) is 2.65. The number of anilines is 1. The second kappa shape index (κ2) is 6.87. The summed E-state index contributed by atoms with van der Waals surface area (Å²) in [7, 11) is 1.86. The number of hydrogen-bond donors (Lipinski definition) is 1. The fraction of sp³-hybridized carbons (Fsp3) is 0.538. The summed E-state index contributed by atoms with van der Waals surface area (Å²) in [4.78, 5) is 6.71. The number of nitrogens with zero attached hydrogens (tertiary/aromatic N) is 3. The van der Waals surface area contributed by atoms with E-state index in [0.29, 0.717) is 0 Å². The Morgan fingerprint density at radius 1 is 1.53 bits per heavy atom. The average Bonchev–Trinajstić information content (AvgIpc) is 2.37. The van der Waals surface area contributed by atoms with Gasteiger partial charge in [0, 0.05) is 20.1 Å². The first-order valence-electron chi connectivity index (χ1n) is 5.95. The minimum atomic E-state index is 0.0578. The van der Waals surface area contributed by atoms with Crippen molar-refractivity contribution in [2.45, 2.75) is 20.4 Å². The summed E-state index contributed by atoms with van der Waals surface area (Å²) in [5, 5.41) is 11.9. The van der Waals surface area contributed by atoms with Crippen molar-refractivity contribution in [3.63, 3.8) is 0 Å². The van der Waals surface area contributed by atoms with Gasteiger partial charge in [-0.25, -0.2) is 4.98 Å². The van der Waals surface area contributed by atoms with E-state index < -0.39 is 0 Å². The predicted octanol–water partition coefficient (Wildman–Crippen LogP) is 2.10. The lowest BCUT2D eigenvalue weighted by atomic mass is 10.2. The SMILES string of the molecule is CCN(Cc1cccc(NC)n1)CC(C)C#N. The van der Waals surface area contributed by atoms with Gasteiger partial charge in [-0.05, 0) is 25.6 Å². The van der Waals surface area contributed by atoms with Crippen molar-refractivity contribution in [1.29, 1.82) is 5.26 Å². The van der Waals surface area contributed by atoms with Crippen molar-refractivity contribution in [1.82, 2.24) is 9.88 Å². The van der Waals surface area contributed by atoms with E-state index in [1.54, 1.807) is 0 Å². The Bertz CT molecular complexity index is 383. The molecule has 0 spiro atoms. The lowest BCUT2D eigenvalue weighted by Gasteiger charge is -2.21. The molecule has 1 rings (SSSR count). The molecular weight excluding hydrogens is 212 g/mol. The Hall–Kier alpha value is -1.60. The zero-order valence-corrected chi connectivity index (χ0v) is 10.8. The third kappa shape index (κ3) is 4.41. The number of aromatic nitrogens is 1. The van der Waals surface area contributed by atoms with Gasteiger partial charge in [-0.2, -0.15) is 5.26 Å². The molecule has 0 saturated heterocycles. The van der Waals surface area contributed by atoms with E-state index in [0.717, 1.165) is 31.1 Å². The van der Waals surface area contributed by atoms with Crippen molar-refractivity contribution in [2.24, 2.45) is 5.92 Å². The van der Waals surface area contributed by atoms with E-state index in [4.69, 9.17) is 5.26 Å². The molecule has 4 nitrogen and oxygen atoms in total. The van der Waals surface area contributed by atoms with Crippen molar-refractivity contribution in [3.05, 3.63) is 23.9 Å². The second-order valence-corrected chi connectivity index (χ2v) is 4.12. The molecule has 0 bridgehead atoms. The molecule has 0 amide bonds. The quantitative estimate of drug-likeness (QED) is 0.816. The molecule has 0 aromatic carbocycles. The topological polar surface area (TPSA) is 52.0 Å². The number of nitrogens with one attached hydrogen (secondary N) is 1. The molecule has 1 aromatic rings. The number of hydrogen-bond acceptors (Lipinski definition) is 4. The number of nitriles is 1. The highest BCUT2D eigenvalue weighted by Gasteiger charge is 2.09. The molecule has 0 aliphatic carbocycles. The van der Waals surface area contributed by atoms with Gasteiger partial charge < -0.3 is 5.32 Å². The second-order valence-electron chi connectivity index (χ2n) is 4.12. The van der Waals surface area contributed by atoms with Crippen LogP contribution in [0.25, 0.3) is 0 Å². The van der Waals surface area contributed by atoms with E-state index in [-0.39, 0.29) is 5.92 Å². The van der Waals surface area contributed by atoms with Gasteiger partial charge >= 0.3 is 0 Å². The highest BCUT2D eigenvalue weighted by molar-refractivity contribution is 5.34. The average molecular weight is 232 g/mol. The van der Waals surface area contributed by atoms with Crippen molar-refractivity contribution < 1.29 is 0 Å². The Labute approximate surface area is 103 Å². The first-order chi connectivity index (χ1) is 8.19. The van der Waals surface area contributed by atoms with Crippen LogP contribution in [0.1, 0.15) is 19.5 Å². The van der Waals surface area contributed by atoms with Gasteiger partial charge in [0.15, 0.2) is 0 Å².